The molecule has 0 aliphatic rings. The van der Waals surface area contributed by atoms with Crippen molar-refractivity contribution in [1.82, 2.24) is 0 Å². The standard InChI is InChI=1S/C11H15ClFNO/c1-2-5-15-11-7-10(13)8(3-4-14)6-9(11)12/h6-7H,2-5,14H2,1H3. The van der Waals surface area contributed by atoms with Crippen molar-refractivity contribution >= 4 is 11.6 Å². The summed E-state index contributed by atoms with van der Waals surface area (Å²) in [5.74, 6) is 0.0905. The van der Waals surface area contributed by atoms with Crippen LogP contribution in [-0.2, 0) is 6.42 Å². The van der Waals surface area contributed by atoms with Gasteiger partial charge in [0.15, 0.2) is 0 Å². The topological polar surface area (TPSA) is 35.2 Å². The second-order valence-corrected chi connectivity index (χ2v) is 3.67. The van der Waals surface area contributed by atoms with Crippen LogP contribution in [0.2, 0.25) is 5.02 Å². The number of ether oxygens (including phenoxy) is 1. The van der Waals surface area contributed by atoms with Crippen molar-refractivity contribution in [1.29, 1.82) is 0 Å². The molecule has 15 heavy (non-hydrogen) atoms. The van der Waals surface area contributed by atoms with Crippen LogP contribution in [0.1, 0.15) is 18.9 Å². The van der Waals surface area contributed by atoms with E-state index in [4.69, 9.17) is 22.1 Å². The Kier molecular flexibility index (Phi) is 4.85. The van der Waals surface area contributed by atoms with Crippen molar-refractivity contribution in [2.24, 2.45) is 5.73 Å². The molecule has 0 bridgehead atoms. The van der Waals surface area contributed by atoms with Gasteiger partial charge in [-0.2, -0.15) is 0 Å². The van der Waals surface area contributed by atoms with E-state index in [2.05, 4.69) is 0 Å². The summed E-state index contributed by atoms with van der Waals surface area (Å²) < 4.78 is 18.7. The predicted molar refractivity (Wildman–Crippen MR) is 60.0 cm³/mol. The molecule has 0 fully saturated rings. The average Bonchev–Trinajstić information content (AvgIpc) is 2.21. The van der Waals surface area contributed by atoms with Crippen LogP contribution in [-0.4, -0.2) is 13.2 Å². The Morgan fingerprint density at radius 3 is 2.80 bits per heavy atom. The second-order valence-electron chi connectivity index (χ2n) is 3.26. The van der Waals surface area contributed by atoms with Crippen molar-refractivity contribution in [2.45, 2.75) is 19.8 Å². The maximum atomic E-state index is 13.5. The first-order valence-corrected chi connectivity index (χ1v) is 5.37. The summed E-state index contributed by atoms with van der Waals surface area (Å²) in [6.07, 6.45) is 1.35. The Bertz CT molecular complexity index is 331. The van der Waals surface area contributed by atoms with E-state index < -0.39 is 0 Å². The number of benzene rings is 1. The van der Waals surface area contributed by atoms with Gasteiger partial charge >= 0.3 is 0 Å². The molecule has 0 amide bonds. The summed E-state index contributed by atoms with van der Waals surface area (Å²) >= 11 is 5.94. The molecule has 2 N–H and O–H groups in total. The summed E-state index contributed by atoms with van der Waals surface area (Å²) in [7, 11) is 0. The van der Waals surface area contributed by atoms with E-state index in [9.17, 15) is 4.39 Å². The third-order valence-electron chi connectivity index (χ3n) is 1.98. The fourth-order valence-corrected chi connectivity index (χ4v) is 1.48. The zero-order chi connectivity index (χ0) is 11.3. The molecular formula is C11H15ClFNO. The van der Waals surface area contributed by atoms with E-state index in [1.807, 2.05) is 6.92 Å². The zero-order valence-electron chi connectivity index (χ0n) is 8.72. The highest BCUT2D eigenvalue weighted by Crippen LogP contribution is 2.28. The van der Waals surface area contributed by atoms with Gasteiger partial charge in [-0.05, 0) is 31.0 Å². The molecule has 2 nitrogen and oxygen atoms in total. The molecule has 84 valence electrons. The normalized spacial score (nSPS) is 10.4. The monoisotopic (exact) mass is 231 g/mol. The SMILES string of the molecule is CCCOc1cc(F)c(CCN)cc1Cl. The fourth-order valence-electron chi connectivity index (χ4n) is 1.24. The molecule has 0 unspecified atom stereocenters. The number of nitrogens with two attached hydrogens (primary N) is 1. The van der Waals surface area contributed by atoms with Gasteiger partial charge < -0.3 is 10.5 Å². The van der Waals surface area contributed by atoms with Gasteiger partial charge in [-0.3, -0.25) is 0 Å². The minimum atomic E-state index is -0.309. The molecule has 0 spiro atoms. The van der Waals surface area contributed by atoms with Crippen LogP contribution >= 0.6 is 11.6 Å². The Morgan fingerprint density at radius 2 is 2.20 bits per heavy atom. The molecule has 1 aromatic carbocycles. The average molecular weight is 232 g/mol. The van der Waals surface area contributed by atoms with Crippen LogP contribution in [0.4, 0.5) is 4.39 Å². The van der Waals surface area contributed by atoms with E-state index in [0.717, 1.165) is 6.42 Å². The Hall–Kier alpha value is -0.800. The highest BCUT2D eigenvalue weighted by atomic mass is 35.5. The smallest absolute Gasteiger partial charge is 0.140 e. The van der Waals surface area contributed by atoms with Crippen LogP contribution in [0.5, 0.6) is 5.75 Å². The van der Waals surface area contributed by atoms with Gasteiger partial charge in [0.25, 0.3) is 0 Å². The molecule has 0 saturated carbocycles. The quantitative estimate of drug-likeness (QED) is 0.846. The van der Waals surface area contributed by atoms with Gasteiger partial charge in [0.2, 0.25) is 0 Å². The van der Waals surface area contributed by atoms with Crippen molar-refractivity contribution in [3.8, 4) is 5.75 Å². The highest BCUT2D eigenvalue weighted by molar-refractivity contribution is 6.32. The lowest BCUT2D eigenvalue weighted by Gasteiger charge is -2.09. The van der Waals surface area contributed by atoms with E-state index in [1.54, 1.807) is 6.07 Å². The minimum absolute atomic E-state index is 0.309. The molecule has 4 heteroatoms. The summed E-state index contributed by atoms with van der Waals surface area (Å²) in [6, 6.07) is 2.90. The lowest BCUT2D eigenvalue weighted by Crippen LogP contribution is -2.05. The summed E-state index contributed by atoms with van der Waals surface area (Å²) in [6.45, 7) is 2.92. The number of hydrogen-bond donors (Lipinski definition) is 1. The first-order chi connectivity index (χ1) is 7.19. The summed E-state index contributed by atoms with van der Waals surface area (Å²) in [5, 5.41) is 0.438. The Morgan fingerprint density at radius 1 is 1.47 bits per heavy atom. The summed E-state index contributed by atoms with van der Waals surface area (Å²) in [4.78, 5) is 0. The van der Waals surface area contributed by atoms with Crippen LogP contribution in [0.15, 0.2) is 12.1 Å². The van der Waals surface area contributed by atoms with E-state index in [-0.39, 0.29) is 5.82 Å². The lowest BCUT2D eigenvalue weighted by atomic mass is 10.1. The molecule has 1 rings (SSSR count). The molecule has 0 aliphatic heterocycles. The third-order valence-corrected chi connectivity index (χ3v) is 2.27. The van der Waals surface area contributed by atoms with E-state index in [1.165, 1.54) is 6.07 Å². The van der Waals surface area contributed by atoms with Gasteiger partial charge in [0.1, 0.15) is 11.6 Å². The van der Waals surface area contributed by atoms with Crippen LogP contribution < -0.4 is 10.5 Å². The van der Waals surface area contributed by atoms with E-state index >= 15 is 0 Å². The van der Waals surface area contributed by atoms with Gasteiger partial charge in [0, 0.05) is 6.07 Å². The van der Waals surface area contributed by atoms with Gasteiger partial charge in [0.05, 0.1) is 11.6 Å². The first-order valence-electron chi connectivity index (χ1n) is 4.99. The molecule has 0 heterocycles. The number of hydrogen-bond acceptors (Lipinski definition) is 2. The molecular weight excluding hydrogens is 217 g/mol. The Labute approximate surface area is 94.2 Å². The van der Waals surface area contributed by atoms with Crippen molar-refractivity contribution in [3.05, 3.63) is 28.5 Å². The molecule has 0 radical (unpaired) electrons. The lowest BCUT2D eigenvalue weighted by molar-refractivity contribution is 0.316. The van der Waals surface area contributed by atoms with Crippen LogP contribution in [0, 0.1) is 5.82 Å². The van der Waals surface area contributed by atoms with Gasteiger partial charge in [-0.25, -0.2) is 4.39 Å². The fraction of sp³-hybridized carbons (Fsp3) is 0.455. The maximum Gasteiger partial charge on any atom is 0.140 e. The van der Waals surface area contributed by atoms with Gasteiger partial charge in [-0.15, -0.1) is 0 Å². The van der Waals surface area contributed by atoms with E-state index in [0.29, 0.717) is 35.9 Å². The first kappa shape index (κ1) is 12.3. The number of halogens is 2. The Balaban J connectivity index is 2.87. The van der Waals surface area contributed by atoms with Crippen LogP contribution in [0.25, 0.3) is 0 Å². The predicted octanol–water partition coefficient (Wildman–Crippen LogP) is 2.77. The molecule has 0 aliphatic carbocycles. The largest absolute Gasteiger partial charge is 0.492 e. The minimum Gasteiger partial charge on any atom is -0.492 e. The molecule has 0 aromatic heterocycles. The molecule has 1 aromatic rings. The van der Waals surface area contributed by atoms with Crippen molar-refractivity contribution in [3.63, 3.8) is 0 Å². The number of rotatable bonds is 5. The van der Waals surface area contributed by atoms with Gasteiger partial charge in [-0.1, -0.05) is 18.5 Å². The maximum absolute atomic E-state index is 13.5. The zero-order valence-corrected chi connectivity index (χ0v) is 9.48. The van der Waals surface area contributed by atoms with Crippen molar-refractivity contribution in [2.75, 3.05) is 13.2 Å². The van der Waals surface area contributed by atoms with Crippen LogP contribution in [0.3, 0.4) is 0 Å². The second kappa shape index (κ2) is 5.93. The molecule has 0 saturated heterocycles. The van der Waals surface area contributed by atoms with Crippen molar-refractivity contribution < 1.29 is 9.13 Å². The summed E-state index contributed by atoms with van der Waals surface area (Å²) in [5.41, 5.74) is 5.89. The third kappa shape index (κ3) is 3.36. The highest BCUT2D eigenvalue weighted by Gasteiger charge is 2.08. The molecule has 0 atom stereocenters.